The van der Waals surface area contributed by atoms with E-state index in [-0.39, 0.29) is 80.7 Å². The molecule has 19 nitrogen and oxygen atoms in total. The summed E-state index contributed by atoms with van der Waals surface area (Å²) in [6.07, 6.45) is 3.01. The van der Waals surface area contributed by atoms with E-state index in [9.17, 15) is 10.2 Å². The minimum absolute atomic E-state index is 0. The molecule has 0 amide bonds. The number of rotatable bonds is 7. The van der Waals surface area contributed by atoms with Gasteiger partial charge in [-0.1, -0.05) is 35.8 Å². The van der Waals surface area contributed by atoms with Gasteiger partial charge in [0.2, 0.25) is 0 Å². The van der Waals surface area contributed by atoms with E-state index in [1.165, 1.54) is 26.6 Å². The molecule has 0 saturated heterocycles. The van der Waals surface area contributed by atoms with Crippen LogP contribution >= 0.6 is 0 Å². The van der Waals surface area contributed by atoms with Crippen LogP contribution in [0, 0.1) is 46.0 Å². The Balaban J connectivity index is -0.000000218. The molecule has 2 aromatic rings. The summed E-state index contributed by atoms with van der Waals surface area (Å²) in [4.78, 5) is 33.1. The van der Waals surface area contributed by atoms with Crippen molar-refractivity contribution in [2.45, 2.75) is 0 Å². The summed E-state index contributed by atoms with van der Waals surface area (Å²) in [5.74, 6) is 0.190. The largest absolute Gasteiger partial charge is 3.00 e. The molecule has 0 unspecified atom stereocenters. The van der Waals surface area contributed by atoms with E-state index in [2.05, 4.69) is 9.98 Å². The molecule has 21 heteroatoms. The fourth-order valence-electron chi connectivity index (χ4n) is 2.03. The molecule has 0 aromatic heterocycles. The summed E-state index contributed by atoms with van der Waals surface area (Å²) in [6.45, 7) is 0.816. The van der Waals surface area contributed by atoms with E-state index in [1.807, 2.05) is 0 Å². The summed E-state index contributed by atoms with van der Waals surface area (Å²) < 4.78 is 9.94. The molecule has 0 radical (unpaired) electrons. The van der Waals surface area contributed by atoms with Crippen molar-refractivity contribution in [3.05, 3.63) is 93.5 Å². The average Bonchev–Trinajstić information content (AvgIpc) is 2.77. The number of nitrogens with zero attached hydrogens (tertiary/aromatic N) is 5. The number of hydrogen-bond donors (Lipinski definition) is 0. The third kappa shape index (κ3) is 25.7. The van der Waals surface area contributed by atoms with Crippen molar-refractivity contribution in [2.24, 2.45) is 9.98 Å². The Morgan fingerprint density at radius 2 is 0.949 bits per heavy atom. The van der Waals surface area contributed by atoms with E-state index in [0.29, 0.717) is 24.2 Å². The Morgan fingerprint density at radius 3 is 1.18 bits per heavy atom. The fourth-order valence-corrected chi connectivity index (χ4v) is 2.03. The second kappa shape index (κ2) is 27.3. The smallest absolute Gasteiger partial charge is 0.870 e. The molecule has 0 fully saturated rings. The van der Waals surface area contributed by atoms with Gasteiger partial charge >= 0.3 is 52.2 Å². The maximum atomic E-state index is 11.9. The zero-order valence-electron chi connectivity index (χ0n) is 20.4. The minimum atomic E-state index is -1.75. The number of aliphatic imine (C=N–C) groups is 2. The molecule has 0 spiro atoms. The molecule has 0 saturated carbocycles. The molecule has 0 aliphatic rings. The molecule has 39 heavy (non-hydrogen) atoms. The predicted molar refractivity (Wildman–Crippen MR) is 126 cm³/mol. The second-order valence-corrected chi connectivity index (χ2v) is 5.50. The van der Waals surface area contributed by atoms with Crippen LogP contribution in [0.4, 0.5) is 0 Å². The van der Waals surface area contributed by atoms with Crippen LogP contribution in [0.15, 0.2) is 46.4 Å². The summed E-state index contributed by atoms with van der Waals surface area (Å²) >= 11 is 0. The van der Waals surface area contributed by atoms with Gasteiger partial charge in [-0.2, -0.15) is 0 Å². The second-order valence-electron chi connectivity index (χ2n) is 5.50. The first-order valence-corrected chi connectivity index (χ1v) is 8.99. The van der Waals surface area contributed by atoms with E-state index in [1.54, 1.807) is 36.4 Å². The molecule has 3 N–H and O–H groups in total. The van der Waals surface area contributed by atoms with Crippen molar-refractivity contribution < 1.29 is 92.6 Å². The topological polar surface area (TPSA) is 321 Å². The first-order valence-electron chi connectivity index (χ1n) is 8.99. The van der Waals surface area contributed by atoms with E-state index < -0.39 is 15.3 Å². The molecule has 0 atom stereocenters. The van der Waals surface area contributed by atoms with Gasteiger partial charge in [-0.25, -0.2) is 0 Å². The van der Waals surface area contributed by atoms with Crippen molar-refractivity contribution in [2.75, 3.05) is 27.3 Å². The van der Waals surface area contributed by atoms with Crippen LogP contribution in [0.2, 0.25) is 0 Å². The van der Waals surface area contributed by atoms with E-state index in [4.69, 9.17) is 55.4 Å². The maximum absolute atomic E-state index is 11.9. The van der Waals surface area contributed by atoms with Gasteiger partial charge in [-0.3, -0.25) is 9.98 Å². The van der Waals surface area contributed by atoms with Crippen molar-refractivity contribution in [3.8, 4) is 23.0 Å². The molecule has 0 aliphatic carbocycles. The Bertz CT molecular complexity index is 941. The Hall–Kier alpha value is -3.73. The first-order chi connectivity index (χ1) is 16.9. The van der Waals surface area contributed by atoms with Crippen LogP contribution in [-0.2, 0) is 57.7 Å². The average molecular weight is 686 g/mol. The van der Waals surface area contributed by atoms with E-state index in [0.717, 1.165) is 0 Å². The summed E-state index contributed by atoms with van der Waals surface area (Å²) in [7, 11) is 2.91. The molecule has 2 aromatic carbocycles. The summed E-state index contributed by atoms with van der Waals surface area (Å²) in [5, 5.41) is 68.1. The number of hydrogen-bond acceptors (Lipinski definition) is 15. The Morgan fingerprint density at radius 1 is 0.692 bits per heavy atom. The first kappa shape index (κ1) is 45.2. The minimum Gasteiger partial charge on any atom is -0.870 e. The van der Waals surface area contributed by atoms with Crippen molar-refractivity contribution in [1.82, 2.24) is 0 Å². The zero-order chi connectivity index (χ0) is 28.1. The van der Waals surface area contributed by atoms with Gasteiger partial charge in [-0.15, -0.1) is 0 Å². The van der Waals surface area contributed by atoms with Crippen LogP contribution in [0.1, 0.15) is 11.1 Å². The van der Waals surface area contributed by atoms with Gasteiger partial charge < -0.3 is 71.1 Å². The van der Waals surface area contributed by atoms with Gasteiger partial charge in [0, 0.05) is 12.4 Å². The fraction of sp³-hybridized carbons (Fsp3) is 0.222. The van der Waals surface area contributed by atoms with Gasteiger partial charge in [0.15, 0.2) is 0 Å². The van der Waals surface area contributed by atoms with Crippen molar-refractivity contribution >= 4 is 12.4 Å². The van der Waals surface area contributed by atoms with Gasteiger partial charge in [-0.05, 0) is 23.3 Å². The van der Waals surface area contributed by atoms with Crippen molar-refractivity contribution in [1.29, 1.82) is 0 Å². The van der Waals surface area contributed by atoms with Crippen LogP contribution in [-0.4, -0.2) is 55.0 Å². The molecule has 206 valence electrons. The third-order valence-corrected chi connectivity index (χ3v) is 3.28. The van der Waals surface area contributed by atoms with Crippen LogP contribution < -0.4 is 19.7 Å². The SMILES string of the molecule is COc1cccc(C=NCCN=Cc2cccc(OC)c2[O-])c1[O-].O=[N+]([O-])[O-].O=[N+]([O-])[O-].O=[N+]([O-])[O-].[OH3+].[Y+3].[Zn+2]. The molecular weight excluding hydrogens is 665 g/mol. The van der Waals surface area contributed by atoms with Crippen LogP contribution in [0.25, 0.3) is 0 Å². The molecule has 0 aliphatic heterocycles. The summed E-state index contributed by atoms with van der Waals surface area (Å²) in [6, 6.07) is 10.0. The predicted octanol–water partition coefficient (Wildman–Crippen LogP) is -0.255. The van der Waals surface area contributed by atoms with Crippen LogP contribution in [0.5, 0.6) is 23.0 Å². The van der Waals surface area contributed by atoms with Crippen LogP contribution in [0.3, 0.4) is 0 Å². The monoisotopic (exact) mass is 684 g/mol. The molecule has 0 heterocycles. The Kier molecular flexibility index (Phi) is 31.7. The quantitative estimate of drug-likeness (QED) is 0.0907. The molecule has 2 rings (SSSR count). The zero-order valence-corrected chi connectivity index (χ0v) is 26.2. The van der Waals surface area contributed by atoms with Gasteiger partial charge in [0.05, 0.1) is 42.6 Å². The normalized spacial score (nSPS) is 8.77. The standard InChI is InChI=1S/C18H20N2O4.3NO3.H2O.Y.Zn/c1-23-15-7-3-5-13(17(15)21)11-19-9-10-20-12-14-6-4-8-16(24-2)18(14)22;3*2-1(3)4;;;/h3-8,11-12,21-22H,9-10H2,1-2H3;;;;1H2;;/q;3*-1;;+3;+2/p-1. The number of benzene rings is 2. The number of methoxy groups -OCH3 is 2. The van der Waals surface area contributed by atoms with Crippen molar-refractivity contribution in [3.63, 3.8) is 0 Å². The van der Waals surface area contributed by atoms with E-state index >= 15 is 0 Å². The maximum Gasteiger partial charge on any atom is 3.00 e. The van der Waals surface area contributed by atoms with Gasteiger partial charge in [0.1, 0.15) is 11.5 Å². The number of ether oxygens (including phenoxy) is 2. The third-order valence-electron chi connectivity index (χ3n) is 3.28. The van der Waals surface area contributed by atoms with Gasteiger partial charge in [0.25, 0.3) is 0 Å². The molecular formula is C18H21N5O14YZn+. The Labute approximate surface area is 257 Å². The summed E-state index contributed by atoms with van der Waals surface area (Å²) in [5.41, 5.74) is 0.931. The number of para-hydroxylation sites is 2. The molecule has 0 bridgehead atoms.